The summed E-state index contributed by atoms with van der Waals surface area (Å²) in [7, 11) is 0. The van der Waals surface area contributed by atoms with Crippen LogP contribution in [0, 0.1) is 32.5 Å². The van der Waals surface area contributed by atoms with Crippen molar-refractivity contribution in [3.63, 3.8) is 0 Å². The number of nitrogens with zero attached hydrogens (tertiary/aromatic N) is 1. The van der Waals surface area contributed by atoms with Gasteiger partial charge in [-0.2, -0.15) is 0 Å². The van der Waals surface area contributed by atoms with Crippen LogP contribution in [0.25, 0.3) is 0 Å². The van der Waals surface area contributed by atoms with Crippen molar-refractivity contribution >= 4 is 23.2 Å². The molecule has 1 heterocycles. The molecule has 0 radical (unpaired) electrons. The van der Waals surface area contributed by atoms with Gasteiger partial charge >= 0.3 is 0 Å². The van der Waals surface area contributed by atoms with Gasteiger partial charge in [0.2, 0.25) is 5.91 Å². The molecule has 0 saturated carbocycles. The number of nitrogens with one attached hydrogen (secondary N) is 1. The van der Waals surface area contributed by atoms with Gasteiger partial charge in [0.1, 0.15) is 5.82 Å². The fraction of sp³-hybridized carbons (Fsp3) is 0.297. The summed E-state index contributed by atoms with van der Waals surface area (Å²) in [6.45, 7) is 9.32. The highest BCUT2D eigenvalue weighted by molar-refractivity contribution is 6.09. The Morgan fingerprint density at radius 2 is 1.63 bits per heavy atom. The highest BCUT2D eigenvalue weighted by Gasteiger charge is 2.43. The zero-order valence-electron chi connectivity index (χ0n) is 25.4. The molecule has 5 rings (SSSR count). The standard InChI is InChI=1S/C37H39FN2O3/c1-23-13-18-29(21-25(23)3)39-35(41)30-22-28-10-6-7-12-32(28)40(36(42)33-24(2)9-8-11-31(33)38)34(30)27-16-14-26(15-17-27)19-20-37(4,5)43/h6-18,21,30,34,43H,19-20,22H2,1-5H3,(H,39,41)/t30-,34-/m0/s1. The number of fused-ring (bicyclic) bond motifs is 1. The monoisotopic (exact) mass is 578 g/mol. The summed E-state index contributed by atoms with van der Waals surface area (Å²) >= 11 is 0. The van der Waals surface area contributed by atoms with Gasteiger partial charge in [-0.05, 0) is 112 Å². The number of aliphatic hydroxyl groups is 1. The minimum atomic E-state index is -0.788. The minimum absolute atomic E-state index is 0.000632. The lowest BCUT2D eigenvalue weighted by molar-refractivity contribution is -0.120. The molecule has 1 aliphatic heterocycles. The molecule has 2 N–H and O–H groups in total. The fourth-order valence-electron chi connectivity index (χ4n) is 5.86. The first-order valence-corrected chi connectivity index (χ1v) is 14.8. The molecule has 0 aliphatic carbocycles. The van der Waals surface area contributed by atoms with E-state index in [4.69, 9.17) is 0 Å². The van der Waals surface area contributed by atoms with Crippen molar-refractivity contribution in [3.8, 4) is 0 Å². The maximum absolute atomic E-state index is 15.3. The predicted octanol–water partition coefficient (Wildman–Crippen LogP) is 7.65. The summed E-state index contributed by atoms with van der Waals surface area (Å²) in [5, 5.41) is 13.3. The van der Waals surface area contributed by atoms with E-state index in [1.54, 1.807) is 37.8 Å². The van der Waals surface area contributed by atoms with Crippen molar-refractivity contribution in [3.05, 3.63) is 130 Å². The number of para-hydroxylation sites is 1. The number of carbonyl (C=O) groups is 2. The number of hydrogen-bond donors (Lipinski definition) is 2. The number of anilines is 2. The summed E-state index contributed by atoms with van der Waals surface area (Å²) in [6.07, 6.45) is 1.70. The molecule has 222 valence electrons. The summed E-state index contributed by atoms with van der Waals surface area (Å²) in [6, 6.07) is 25.1. The molecule has 0 bridgehead atoms. The maximum Gasteiger partial charge on any atom is 0.262 e. The number of hydrogen-bond acceptors (Lipinski definition) is 3. The number of halogens is 1. The third kappa shape index (κ3) is 6.55. The van der Waals surface area contributed by atoms with E-state index in [1.807, 2.05) is 80.6 Å². The second-order valence-electron chi connectivity index (χ2n) is 12.3. The molecule has 43 heavy (non-hydrogen) atoms. The van der Waals surface area contributed by atoms with E-state index >= 15 is 4.39 Å². The van der Waals surface area contributed by atoms with Crippen molar-refractivity contribution in [2.45, 2.75) is 65.5 Å². The Morgan fingerprint density at radius 1 is 0.907 bits per heavy atom. The molecular weight excluding hydrogens is 539 g/mol. The summed E-state index contributed by atoms with van der Waals surface area (Å²) in [4.78, 5) is 30.1. The number of benzene rings is 4. The normalized spacial score (nSPS) is 16.5. The molecule has 0 saturated heterocycles. The number of aryl methyl sites for hydroxylation is 4. The summed E-state index contributed by atoms with van der Waals surface area (Å²) in [5.74, 6) is -1.93. The molecule has 0 aromatic heterocycles. The molecule has 2 amide bonds. The molecule has 4 aromatic rings. The van der Waals surface area contributed by atoms with E-state index in [9.17, 15) is 14.7 Å². The van der Waals surface area contributed by atoms with E-state index in [0.29, 0.717) is 36.2 Å². The summed E-state index contributed by atoms with van der Waals surface area (Å²) < 4.78 is 15.3. The van der Waals surface area contributed by atoms with Crippen LogP contribution in [0.15, 0.2) is 84.9 Å². The van der Waals surface area contributed by atoms with Gasteiger partial charge in [-0.15, -0.1) is 0 Å². The number of amides is 2. The lowest BCUT2D eigenvalue weighted by Crippen LogP contribution is -2.47. The van der Waals surface area contributed by atoms with Gasteiger partial charge in [-0.25, -0.2) is 4.39 Å². The lowest BCUT2D eigenvalue weighted by Gasteiger charge is -2.42. The first-order valence-electron chi connectivity index (χ1n) is 14.8. The SMILES string of the molecule is Cc1ccc(NC(=O)[C@H]2Cc3ccccc3N(C(=O)c3c(C)cccc3F)[C@H]2c2ccc(CCC(C)(C)O)cc2)cc1C. The first-order chi connectivity index (χ1) is 20.4. The average molecular weight is 579 g/mol. The average Bonchev–Trinajstić information content (AvgIpc) is 2.96. The Balaban J connectivity index is 1.62. The molecule has 4 aromatic carbocycles. The predicted molar refractivity (Wildman–Crippen MR) is 170 cm³/mol. The van der Waals surface area contributed by atoms with Crippen LogP contribution < -0.4 is 10.2 Å². The topological polar surface area (TPSA) is 69.6 Å². The Kier molecular flexibility index (Phi) is 8.52. The Bertz CT molecular complexity index is 1640. The third-order valence-corrected chi connectivity index (χ3v) is 8.46. The van der Waals surface area contributed by atoms with Gasteiger partial charge in [0.25, 0.3) is 5.91 Å². The van der Waals surface area contributed by atoms with Crippen LogP contribution in [0.4, 0.5) is 15.8 Å². The second kappa shape index (κ2) is 12.1. The van der Waals surface area contributed by atoms with Gasteiger partial charge in [-0.1, -0.05) is 60.7 Å². The first kappa shape index (κ1) is 30.2. The second-order valence-corrected chi connectivity index (χ2v) is 12.3. The van der Waals surface area contributed by atoms with Crippen LogP contribution in [0.5, 0.6) is 0 Å². The van der Waals surface area contributed by atoms with Crippen LogP contribution in [0.1, 0.15) is 70.0 Å². The van der Waals surface area contributed by atoms with Crippen LogP contribution in [-0.4, -0.2) is 22.5 Å². The number of rotatable bonds is 7. The molecule has 1 aliphatic rings. The summed E-state index contributed by atoms with van der Waals surface area (Å²) in [5.41, 5.74) is 5.97. The van der Waals surface area contributed by atoms with Crippen molar-refractivity contribution in [1.29, 1.82) is 0 Å². The van der Waals surface area contributed by atoms with Crippen LogP contribution in [0.2, 0.25) is 0 Å². The van der Waals surface area contributed by atoms with Gasteiger partial charge in [0, 0.05) is 11.4 Å². The number of carbonyl (C=O) groups excluding carboxylic acids is 2. The zero-order chi connectivity index (χ0) is 30.9. The van der Waals surface area contributed by atoms with Crippen molar-refractivity contribution in [2.75, 3.05) is 10.2 Å². The highest BCUT2D eigenvalue weighted by Crippen LogP contribution is 2.44. The Hall–Kier alpha value is -4.29. The van der Waals surface area contributed by atoms with Crippen molar-refractivity contribution in [2.24, 2.45) is 5.92 Å². The third-order valence-electron chi connectivity index (χ3n) is 8.46. The van der Waals surface area contributed by atoms with Crippen molar-refractivity contribution in [1.82, 2.24) is 0 Å². The highest BCUT2D eigenvalue weighted by atomic mass is 19.1. The van der Waals surface area contributed by atoms with Crippen LogP contribution in [-0.2, 0) is 17.6 Å². The van der Waals surface area contributed by atoms with E-state index in [2.05, 4.69) is 5.32 Å². The fourth-order valence-corrected chi connectivity index (χ4v) is 5.86. The van der Waals surface area contributed by atoms with E-state index < -0.39 is 29.3 Å². The lowest BCUT2D eigenvalue weighted by atomic mass is 9.80. The van der Waals surface area contributed by atoms with E-state index in [1.165, 1.54) is 6.07 Å². The van der Waals surface area contributed by atoms with Crippen molar-refractivity contribution < 1.29 is 19.1 Å². The van der Waals surface area contributed by atoms with Crippen LogP contribution >= 0.6 is 0 Å². The van der Waals surface area contributed by atoms with Gasteiger partial charge in [0.05, 0.1) is 23.1 Å². The molecule has 0 spiro atoms. The smallest absolute Gasteiger partial charge is 0.262 e. The Labute approximate surface area is 253 Å². The van der Waals surface area contributed by atoms with Gasteiger partial charge in [-0.3, -0.25) is 14.5 Å². The minimum Gasteiger partial charge on any atom is -0.390 e. The van der Waals surface area contributed by atoms with Gasteiger partial charge < -0.3 is 10.4 Å². The molecule has 6 heteroatoms. The van der Waals surface area contributed by atoms with E-state index in [-0.39, 0.29) is 11.5 Å². The largest absolute Gasteiger partial charge is 0.390 e. The van der Waals surface area contributed by atoms with Crippen LogP contribution in [0.3, 0.4) is 0 Å². The van der Waals surface area contributed by atoms with E-state index in [0.717, 1.165) is 27.8 Å². The molecular formula is C37H39FN2O3. The molecule has 5 nitrogen and oxygen atoms in total. The van der Waals surface area contributed by atoms with Gasteiger partial charge in [0.15, 0.2) is 0 Å². The molecule has 0 unspecified atom stereocenters. The molecule has 0 fully saturated rings. The quantitative estimate of drug-likeness (QED) is 0.237. The Morgan fingerprint density at radius 3 is 2.30 bits per heavy atom. The molecule has 2 atom stereocenters. The maximum atomic E-state index is 15.3. The zero-order valence-corrected chi connectivity index (χ0v) is 25.4.